The van der Waals surface area contributed by atoms with Gasteiger partial charge in [-0.1, -0.05) is 25.4 Å². The SMILES string of the molecule is CC(C)c1noc(CN2CCCCC2C(F)(F)F)n1. The van der Waals surface area contributed by atoms with Crippen LogP contribution in [-0.2, 0) is 6.54 Å². The van der Waals surface area contributed by atoms with E-state index in [1.54, 1.807) is 0 Å². The van der Waals surface area contributed by atoms with Gasteiger partial charge < -0.3 is 4.52 Å². The van der Waals surface area contributed by atoms with Crippen molar-refractivity contribution in [3.8, 4) is 0 Å². The van der Waals surface area contributed by atoms with Crippen LogP contribution in [0.1, 0.15) is 50.7 Å². The van der Waals surface area contributed by atoms with Gasteiger partial charge in [-0.05, 0) is 19.4 Å². The molecule has 0 aromatic carbocycles. The van der Waals surface area contributed by atoms with Gasteiger partial charge in [0.25, 0.3) is 0 Å². The highest BCUT2D eigenvalue weighted by Crippen LogP contribution is 2.32. The number of rotatable bonds is 3. The fourth-order valence-electron chi connectivity index (χ4n) is 2.29. The van der Waals surface area contributed by atoms with Crippen molar-refractivity contribution in [2.75, 3.05) is 6.54 Å². The molecule has 2 rings (SSSR count). The lowest BCUT2D eigenvalue weighted by molar-refractivity contribution is -0.193. The van der Waals surface area contributed by atoms with Crippen LogP contribution in [0.3, 0.4) is 0 Å². The van der Waals surface area contributed by atoms with E-state index >= 15 is 0 Å². The van der Waals surface area contributed by atoms with Crippen LogP contribution >= 0.6 is 0 Å². The van der Waals surface area contributed by atoms with Crippen LogP contribution in [0.4, 0.5) is 13.2 Å². The van der Waals surface area contributed by atoms with Crippen molar-refractivity contribution in [2.24, 2.45) is 0 Å². The van der Waals surface area contributed by atoms with E-state index in [9.17, 15) is 13.2 Å². The van der Waals surface area contributed by atoms with Gasteiger partial charge in [0, 0.05) is 5.92 Å². The van der Waals surface area contributed by atoms with Gasteiger partial charge in [-0.3, -0.25) is 4.90 Å². The van der Waals surface area contributed by atoms with Gasteiger partial charge in [-0.25, -0.2) is 0 Å². The van der Waals surface area contributed by atoms with Gasteiger partial charge in [-0.2, -0.15) is 18.2 Å². The minimum absolute atomic E-state index is 0.0733. The average Bonchev–Trinajstić information content (AvgIpc) is 2.77. The molecule has 1 saturated heterocycles. The first kappa shape index (κ1) is 14.3. The summed E-state index contributed by atoms with van der Waals surface area (Å²) >= 11 is 0. The van der Waals surface area contributed by atoms with Crippen LogP contribution in [-0.4, -0.2) is 33.8 Å². The molecule has 0 aliphatic carbocycles. The lowest BCUT2D eigenvalue weighted by atomic mass is 10.0. The highest BCUT2D eigenvalue weighted by atomic mass is 19.4. The normalized spacial score (nSPS) is 22.1. The zero-order chi connectivity index (χ0) is 14.0. The smallest absolute Gasteiger partial charge is 0.338 e. The number of piperidine rings is 1. The Labute approximate surface area is 110 Å². The maximum Gasteiger partial charge on any atom is 0.404 e. The first-order valence-electron chi connectivity index (χ1n) is 6.51. The summed E-state index contributed by atoms with van der Waals surface area (Å²) in [6.07, 6.45) is -2.66. The lowest BCUT2D eigenvalue weighted by Gasteiger charge is -2.35. The third-order valence-corrected chi connectivity index (χ3v) is 3.33. The molecule has 0 amide bonds. The van der Waals surface area contributed by atoms with E-state index in [4.69, 9.17) is 4.52 Å². The molecule has 1 aromatic heterocycles. The third-order valence-electron chi connectivity index (χ3n) is 3.33. The van der Waals surface area contributed by atoms with E-state index in [2.05, 4.69) is 10.1 Å². The molecule has 4 nitrogen and oxygen atoms in total. The molecule has 1 atom stereocenters. The highest BCUT2D eigenvalue weighted by molar-refractivity contribution is 4.93. The number of hydrogen-bond acceptors (Lipinski definition) is 4. The van der Waals surface area contributed by atoms with Gasteiger partial charge in [-0.15, -0.1) is 0 Å². The van der Waals surface area contributed by atoms with Crippen molar-refractivity contribution in [1.82, 2.24) is 15.0 Å². The molecule has 19 heavy (non-hydrogen) atoms. The Morgan fingerprint density at radius 3 is 2.68 bits per heavy atom. The number of likely N-dealkylation sites (tertiary alicyclic amines) is 1. The molecule has 0 bridgehead atoms. The summed E-state index contributed by atoms with van der Waals surface area (Å²) in [5, 5.41) is 3.77. The van der Waals surface area contributed by atoms with E-state index in [1.165, 1.54) is 4.90 Å². The lowest BCUT2D eigenvalue weighted by Crippen LogP contribution is -2.48. The van der Waals surface area contributed by atoms with E-state index in [-0.39, 0.29) is 24.8 Å². The summed E-state index contributed by atoms with van der Waals surface area (Å²) < 4.78 is 43.8. The fraction of sp³-hybridized carbons (Fsp3) is 0.833. The largest absolute Gasteiger partial charge is 0.404 e. The highest BCUT2D eigenvalue weighted by Gasteiger charge is 2.44. The van der Waals surface area contributed by atoms with Crippen molar-refractivity contribution in [2.45, 2.75) is 57.8 Å². The van der Waals surface area contributed by atoms with E-state index in [0.29, 0.717) is 18.8 Å². The molecule has 0 saturated carbocycles. The van der Waals surface area contributed by atoms with Gasteiger partial charge in [0.2, 0.25) is 5.89 Å². The molecule has 108 valence electrons. The number of nitrogens with zero attached hydrogens (tertiary/aromatic N) is 3. The second-order valence-electron chi connectivity index (χ2n) is 5.22. The van der Waals surface area contributed by atoms with E-state index in [0.717, 1.165) is 6.42 Å². The minimum atomic E-state index is -4.19. The monoisotopic (exact) mass is 277 g/mol. The van der Waals surface area contributed by atoms with Crippen LogP contribution in [0, 0.1) is 0 Å². The van der Waals surface area contributed by atoms with E-state index < -0.39 is 12.2 Å². The molecule has 7 heteroatoms. The maximum absolute atomic E-state index is 12.9. The van der Waals surface area contributed by atoms with Crippen LogP contribution < -0.4 is 0 Å². The number of alkyl halides is 3. The number of aromatic nitrogens is 2. The van der Waals surface area contributed by atoms with Crippen LogP contribution in [0.25, 0.3) is 0 Å². The van der Waals surface area contributed by atoms with Crippen molar-refractivity contribution in [1.29, 1.82) is 0 Å². The molecule has 1 unspecified atom stereocenters. The third kappa shape index (κ3) is 3.46. The maximum atomic E-state index is 12.9. The molecule has 1 fully saturated rings. The zero-order valence-corrected chi connectivity index (χ0v) is 11.1. The first-order valence-corrected chi connectivity index (χ1v) is 6.51. The van der Waals surface area contributed by atoms with Gasteiger partial charge in [0.1, 0.15) is 6.04 Å². The summed E-state index contributed by atoms with van der Waals surface area (Å²) in [5.41, 5.74) is 0. The second kappa shape index (κ2) is 5.48. The predicted molar refractivity (Wildman–Crippen MR) is 62.5 cm³/mol. The standard InChI is InChI=1S/C12H18F3N3O/c1-8(2)11-16-10(19-17-11)7-18-6-4-3-5-9(18)12(13,14)15/h8-9H,3-7H2,1-2H3. The molecular formula is C12H18F3N3O. The van der Waals surface area contributed by atoms with Crippen molar-refractivity contribution in [3.05, 3.63) is 11.7 Å². The van der Waals surface area contributed by atoms with Crippen LogP contribution in [0.5, 0.6) is 0 Å². The number of hydrogen-bond donors (Lipinski definition) is 0. The molecule has 2 heterocycles. The first-order chi connectivity index (χ1) is 8.88. The quantitative estimate of drug-likeness (QED) is 0.851. The fourth-order valence-corrected chi connectivity index (χ4v) is 2.29. The number of halogens is 3. The Morgan fingerprint density at radius 2 is 2.11 bits per heavy atom. The molecule has 0 radical (unpaired) electrons. The zero-order valence-electron chi connectivity index (χ0n) is 11.1. The summed E-state index contributed by atoms with van der Waals surface area (Å²) in [5.74, 6) is 0.910. The van der Waals surface area contributed by atoms with Gasteiger partial charge >= 0.3 is 6.18 Å². The minimum Gasteiger partial charge on any atom is -0.338 e. The molecule has 1 aliphatic rings. The van der Waals surface area contributed by atoms with Crippen molar-refractivity contribution < 1.29 is 17.7 Å². The molecule has 0 spiro atoms. The second-order valence-corrected chi connectivity index (χ2v) is 5.22. The average molecular weight is 277 g/mol. The Bertz CT molecular complexity index is 417. The van der Waals surface area contributed by atoms with Crippen molar-refractivity contribution >= 4 is 0 Å². The molecule has 1 aromatic rings. The van der Waals surface area contributed by atoms with Crippen molar-refractivity contribution in [3.63, 3.8) is 0 Å². The summed E-state index contributed by atoms with van der Waals surface area (Å²) in [7, 11) is 0. The Balaban J connectivity index is 2.06. The van der Waals surface area contributed by atoms with E-state index in [1.807, 2.05) is 13.8 Å². The van der Waals surface area contributed by atoms with Crippen LogP contribution in [0.2, 0.25) is 0 Å². The Hall–Kier alpha value is -1.11. The van der Waals surface area contributed by atoms with Gasteiger partial charge in [0.05, 0.1) is 6.54 Å². The Morgan fingerprint density at radius 1 is 1.37 bits per heavy atom. The topological polar surface area (TPSA) is 42.2 Å². The van der Waals surface area contributed by atoms with Crippen LogP contribution in [0.15, 0.2) is 4.52 Å². The molecular weight excluding hydrogens is 259 g/mol. The summed E-state index contributed by atoms with van der Waals surface area (Å²) in [6.45, 7) is 4.32. The van der Waals surface area contributed by atoms with Gasteiger partial charge in [0.15, 0.2) is 5.82 Å². The Kier molecular flexibility index (Phi) is 4.13. The summed E-state index contributed by atoms with van der Waals surface area (Å²) in [4.78, 5) is 5.52. The molecule has 1 aliphatic heterocycles. The predicted octanol–water partition coefficient (Wildman–Crippen LogP) is 3.11. The summed E-state index contributed by atoms with van der Waals surface area (Å²) in [6, 6.07) is -1.39. The molecule has 0 N–H and O–H groups in total.